The second-order valence-corrected chi connectivity index (χ2v) is 10.5. The van der Waals surface area contributed by atoms with E-state index in [1.54, 1.807) is 0 Å². The maximum atomic E-state index is 11.1. The molecule has 1 aromatic heterocycles. The molecule has 0 radical (unpaired) electrons. The van der Waals surface area contributed by atoms with Crippen molar-refractivity contribution in [3.63, 3.8) is 0 Å². The zero-order chi connectivity index (χ0) is 25.0. The number of fused-ring (bicyclic) bond motifs is 1. The summed E-state index contributed by atoms with van der Waals surface area (Å²) in [5.41, 5.74) is 8.74. The number of carboxylic acid groups (broad SMARTS) is 1. The van der Waals surface area contributed by atoms with Crippen LogP contribution in [0.1, 0.15) is 89.5 Å². The highest BCUT2D eigenvalue weighted by atomic mass is 16.4. The maximum Gasteiger partial charge on any atom is 0.317 e. The fourth-order valence-corrected chi connectivity index (χ4v) is 5.09. The van der Waals surface area contributed by atoms with Crippen LogP contribution in [0, 0.1) is 5.92 Å². The Morgan fingerprint density at radius 2 is 1.88 bits per heavy atom. The zero-order valence-electron chi connectivity index (χ0n) is 21.9. The summed E-state index contributed by atoms with van der Waals surface area (Å²) in [5, 5.41) is 10.4. The van der Waals surface area contributed by atoms with Gasteiger partial charge >= 0.3 is 5.97 Å². The van der Waals surface area contributed by atoms with Gasteiger partial charge in [0.2, 0.25) is 0 Å². The number of carbonyl (C=O) groups is 1. The molecule has 1 saturated heterocycles. The van der Waals surface area contributed by atoms with Crippen LogP contribution >= 0.6 is 0 Å². The largest absolute Gasteiger partial charge is 0.480 e. The van der Waals surface area contributed by atoms with Crippen LogP contribution in [0.3, 0.4) is 0 Å². The molecule has 4 nitrogen and oxygen atoms in total. The number of likely N-dealkylation sites (tertiary alicyclic amines) is 1. The number of nitrogens with one attached hydrogen (secondary N) is 1. The Balaban J connectivity index is 2.02. The number of hydrogen-bond donors (Lipinski definition) is 2. The van der Waals surface area contributed by atoms with Crippen LogP contribution in [0.2, 0.25) is 0 Å². The topological polar surface area (TPSA) is 56.3 Å². The number of rotatable bonds is 9. The number of piperidine rings is 1. The Morgan fingerprint density at radius 3 is 2.44 bits per heavy atom. The first-order valence-corrected chi connectivity index (χ1v) is 12.8. The fourth-order valence-electron chi connectivity index (χ4n) is 5.09. The predicted molar refractivity (Wildman–Crippen MR) is 144 cm³/mol. The Labute approximate surface area is 205 Å². The van der Waals surface area contributed by atoms with Crippen molar-refractivity contribution in [1.29, 1.82) is 0 Å². The Hall–Kier alpha value is -2.59. The molecule has 2 heterocycles. The molecule has 2 N–H and O–H groups in total. The number of aromatic nitrogens is 1. The summed E-state index contributed by atoms with van der Waals surface area (Å²) in [4.78, 5) is 16.8. The molecule has 3 rings (SSSR count). The monoisotopic (exact) mass is 462 g/mol. The van der Waals surface area contributed by atoms with Gasteiger partial charge in [0.15, 0.2) is 0 Å². The molecule has 0 amide bonds. The number of aliphatic carboxylic acids is 1. The number of hydrogen-bond acceptors (Lipinski definition) is 2. The summed E-state index contributed by atoms with van der Waals surface area (Å²) >= 11 is 0. The van der Waals surface area contributed by atoms with Gasteiger partial charge < -0.3 is 10.1 Å². The van der Waals surface area contributed by atoms with Crippen molar-refractivity contribution in [3.8, 4) is 0 Å². The molecule has 0 bridgehead atoms. The van der Waals surface area contributed by atoms with E-state index in [1.807, 2.05) is 4.90 Å². The SMILES string of the molecule is C=C(C)/C=C(\C=C(\C)C(C)CC)c1[nH]c2ccc(C3CCN(CC(=O)O)CC3)cc2c1C(C)C. The molecule has 0 saturated carbocycles. The van der Waals surface area contributed by atoms with Gasteiger partial charge in [-0.1, -0.05) is 63.6 Å². The number of H-pyrrole nitrogens is 1. The quantitative estimate of drug-likeness (QED) is 0.379. The summed E-state index contributed by atoms with van der Waals surface area (Å²) in [6, 6.07) is 6.87. The number of aromatic amines is 1. The molecule has 0 aliphatic carbocycles. The maximum absolute atomic E-state index is 11.1. The molecule has 1 unspecified atom stereocenters. The van der Waals surface area contributed by atoms with Crippen LogP contribution in [-0.2, 0) is 4.79 Å². The third-order valence-electron chi connectivity index (χ3n) is 7.32. The number of nitrogens with zero attached hydrogens (tertiary/aromatic N) is 1. The average molecular weight is 463 g/mol. The van der Waals surface area contributed by atoms with E-state index in [2.05, 4.69) is 83.5 Å². The highest BCUT2D eigenvalue weighted by Crippen LogP contribution is 2.38. The normalized spacial score (nSPS) is 17.5. The van der Waals surface area contributed by atoms with Crippen molar-refractivity contribution in [1.82, 2.24) is 9.88 Å². The van der Waals surface area contributed by atoms with Gasteiger partial charge in [0.05, 0.1) is 6.54 Å². The second-order valence-electron chi connectivity index (χ2n) is 10.5. The second kappa shape index (κ2) is 11.2. The summed E-state index contributed by atoms with van der Waals surface area (Å²) in [5.74, 6) is 0.657. The first kappa shape index (κ1) is 26.0. The smallest absolute Gasteiger partial charge is 0.317 e. The van der Waals surface area contributed by atoms with Gasteiger partial charge in [0, 0.05) is 16.6 Å². The molecule has 1 aliphatic rings. The van der Waals surface area contributed by atoms with Gasteiger partial charge in [-0.3, -0.25) is 9.69 Å². The lowest BCUT2D eigenvalue weighted by Crippen LogP contribution is -2.36. The third-order valence-corrected chi connectivity index (χ3v) is 7.32. The number of benzene rings is 1. The van der Waals surface area contributed by atoms with Crippen LogP contribution in [0.5, 0.6) is 0 Å². The third kappa shape index (κ3) is 6.09. The molecular formula is C30H42N2O2. The van der Waals surface area contributed by atoms with E-state index in [0.29, 0.717) is 17.8 Å². The van der Waals surface area contributed by atoms with Crippen LogP contribution in [0.15, 0.2) is 48.1 Å². The van der Waals surface area contributed by atoms with Crippen molar-refractivity contribution in [2.45, 2.75) is 72.6 Å². The van der Waals surface area contributed by atoms with Gasteiger partial charge in [-0.15, -0.1) is 0 Å². The summed E-state index contributed by atoms with van der Waals surface area (Å²) in [6.45, 7) is 19.3. The lowest BCUT2D eigenvalue weighted by molar-refractivity contribution is -0.138. The van der Waals surface area contributed by atoms with Gasteiger partial charge in [-0.2, -0.15) is 0 Å². The van der Waals surface area contributed by atoms with Crippen molar-refractivity contribution < 1.29 is 9.90 Å². The lowest BCUT2D eigenvalue weighted by atomic mass is 9.87. The molecule has 1 atom stereocenters. The lowest BCUT2D eigenvalue weighted by Gasteiger charge is -2.31. The van der Waals surface area contributed by atoms with Crippen LogP contribution in [-0.4, -0.2) is 40.6 Å². The van der Waals surface area contributed by atoms with E-state index in [1.165, 1.54) is 38.9 Å². The minimum atomic E-state index is -0.738. The molecule has 4 heteroatoms. The first-order chi connectivity index (χ1) is 16.1. The molecule has 2 aromatic rings. The summed E-state index contributed by atoms with van der Waals surface area (Å²) < 4.78 is 0. The van der Waals surface area contributed by atoms with E-state index < -0.39 is 5.97 Å². The molecule has 1 aromatic carbocycles. The van der Waals surface area contributed by atoms with Crippen molar-refractivity contribution in [3.05, 3.63) is 64.9 Å². The van der Waals surface area contributed by atoms with Crippen LogP contribution < -0.4 is 0 Å². The zero-order valence-corrected chi connectivity index (χ0v) is 21.9. The molecule has 184 valence electrons. The Morgan fingerprint density at radius 1 is 1.21 bits per heavy atom. The van der Waals surface area contributed by atoms with Gasteiger partial charge in [0.25, 0.3) is 0 Å². The van der Waals surface area contributed by atoms with Crippen molar-refractivity contribution in [2.75, 3.05) is 19.6 Å². The molecule has 1 aliphatic heterocycles. The van der Waals surface area contributed by atoms with Crippen LogP contribution in [0.25, 0.3) is 16.5 Å². The van der Waals surface area contributed by atoms with E-state index in [0.717, 1.165) is 37.9 Å². The van der Waals surface area contributed by atoms with Gasteiger partial charge in [-0.25, -0.2) is 0 Å². The molecule has 0 spiro atoms. The standard InChI is InChI=1S/C30H42N2O2/c1-8-21(6)22(7)16-25(15-19(2)3)30-29(20(4)5)26-17-24(9-10-27(26)31-30)23-11-13-32(14-12-23)18-28(33)34/h9-10,15-17,20-21,23,31H,2,8,11-14,18H2,1,3-7H3,(H,33,34)/b22-16-,25-15+. The Bertz CT molecular complexity index is 1090. The minimum absolute atomic E-state index is 0.145. The average Bonchev–Trinajstić information content (AvgIpc) is 3.16. The van der Waals surface area contributed by atoms with Crippen LogP contribution in [0.4, 0.5) is 0 Å². The number of allylic oxidation sites excluding steroid dienone is 5. The van der Waals surface area contributed by atoms with E-state index >= 15 is 0 Å². The fraction of sp³-hybridized carbons (Fsp3) is 0.500. The van der Waals surface area contributed by atoms with Gasteiger partial charge in [-0.05, 0) is 92.8 Å². The highest BCUT2D eigenvalue weighted by molar-refractivity contribution is 5.92. The van der Waals surface area contributed by atoms with Gasteiger partial charge in [0.1, 0.15) is 0 Å². The van der Waals surface area contributed by atoms with Crippen molar-refractivity contribution in [2.24, 2.45) is 5.92 Å². The summed E-state index contributed by atoms with van der Waals surface area (Å²) in [6.07, 6.45) is 7.66. The summed E-state index contributed by atoms with van der Waals surface area (Å²) in [7, 11) is 0. The first-order valence-electron chi connectivity index (χ1n) is 12.8. The molecule has 34 heavy (non-hydrogen) atoms. The predicted octanol–water partition coefficient (Wildman–Crippen LogP) is 7.51. The highest BCUT2D eigenvalue weighted by Gasteiger charge is 2.24. The minimum Gasteiger partial charge on any atom is -0.480 e. The molecular weight excluding hydrogens is 420 g/mol. The van der Waals surface area contributed by atoms with E-state index in [4.69, 9.17) is 5.11 Å². The van der Waals surface area contributed by atoms with E-state index in [-0.39, 0.29) is 6.54 Å². The Kier molecular flexibility index (Phi) is 8.59. The molecule has 1 fully saturated rings. The van der Waals surface area contributed by atoms with E-state index in [9.17, 15) is 4.79 Å². The number of carboxylic acids is 1. The van der Waals surface area contributed by atoms with Crippen molar-refractivity contribution >= 4 is 22.4 Å².